The molecule has 1 aromatic carbocycles. The van der Waals surface area contributed by atoms with Crippen LogP contribution in [-0.2, 0) is 6.61 Å². The van der Waals surface area contributed by atoms with Crippen LogP contribution in [0.2, 0.25) is 5.02 Å². The fourth-order valence-corrected chi connectivity index (χ4v) is 1.16. The van der Waals surface area contributed by atoms with Crippen LogP contribution in [0.1, 0.15) is 5.76 Å². The van der Waals surface area contributed by atoms with Crippen molar-refractivity contribution >= 4 is 11.6 Å². The molecule has 0 saturated heterocycles. The zero-order chi connectivity index (χ0) is 10.7. The van der Waals surface area contributed by atoms with Gasteiger partial charge in [-0.2, -0.15) is 0 Å². The number of ether oxygens (including phenoxy) is 1. The molecule has 0 aliphatic rings. The summed E-state index contributed by atoms with van der Waals surface area (Å²) in [4.78, 5) is 0. The minimum atomic E-state index is -0.508. The zero-order valence-electron chi connectivity index (χ0n) is 7.61. The van der Waals surface area contributed by atoms with Gasteiger partial charge in [-0.3, -0.25) is 0 Å². The molecule has 0 aliphatic heterocycles. The number of rotatable bonds is 3. The topological polar surface area (TPSA) is 35.3 Å². The highest BCUT2D eigenvalue weighted by Gasteiger charge is 2.03. The highest BCUT2D eigenvalue weighted by molar-refractivity contribution is 6.30. The molecule has 0 spiro atoms. The molecule has 0 aliphatic carbocycles. The van der Waals surface area contributed by atoms with E-state index in [0.29, 0.717) is 11.5 Å². The molecular weight excluding hydrogens is 221 g/mol. The molecule has 0 amide bonds. The van der Waals surface area contributed by atoms with Crippen molar-refractivity contribution in [1.82, 2.24) is 5.16 Å². The molecule has 0 radical (unpaired) electrons. The van der Waals surface area contributed by atoms with Gasteiger partial charge in [0.1, 0.15) is 18.2 Å². The summed E-state index contributed by atoms with van der Waals surface area (Å²) >= 11 is 5.52. The molecule has 1 heterocycles. The first kappa shape index (κ1) is 9.98. The van der Waals surface area contributed by atoms with Gasteiger partial charge in [0, 0.05) is 12.1 Å². The molecule has 3 nitrogen and oxygen atoms in total. The molecule has 1 aromatic heterocycles. The van der Waals surface area contributed by atoms with Gasteiger partial charge in [-0.05, 0) is 12.1 Å². The Morgan fingerprint density at radius 1 is 1.40 bits per heavy atom. The monoisotopic (exact) mass is 227 g/mol. The summed E-state index contributed by atoms with van der Waals surface area (Å²) in [6.45, 7) is 0.209. The second-order valence-electron chi connectivity index (χ2n) is 2.84. The third kappa shape index (κ3) is 2.47. The van der Waals surface area contributed by atoms with Crippen LogP contribution in [0.3, 0.4) is 0 Å². The predicted octanol–water partition coefficient (Wildman–Crippen LogP) is 3.05. The van der Waals surface area contributed by atoms with Gasteiger partial charge in [0.05, 0.1) is 11.2 Å². The molecule has 15 heavy (non-hydrogen) atoms. The van der Waals surface area contributed by atoms with Crippen LogP contribution < -0.4 is 4.74 Å². The Bertz CT molecular complexity index is 445. The first-order valence-corrected chi connectivity index (χ1v) is 4.61. The molecule has 0 saturated carbocycles. The Kier molecular flexibility index (Phi) is 2.87. The van der Waals surface area contributed by atoms with E-state index >= 15 is 0 Å². The summed E-state index contributed by atoms with van der Waals surface area (Å²) in [5.41, 5.74) is 0. The summed E-state index contributed by atoms with van der Waals surface area (Å²) in [6.07, 6.45) is 1.52. The van der Waals surface area contributed by atoms with Crippen LogP contribution >= 0.6 is 11.6 Å². The summed E-state index contributed by atoms with van der Waals surface area (Å²) < 4.78 is 23.1. The summed E-state index contributed by atoms with van der Waals surface area (Å²) in [7, 11) is 0. The van der Waals surface area contributed by atoms with Gasteiger partial charge in [-0.1, -0.05) is 16.8 Å². The Morgan fingerprint density at radius 3 is 2.93 bits per heavy atom. The first-order chi connectivity index (χ1) is 7.25. The fourth-order valence-electron chi connectivity index (χ4n) is 1.04. The van der Waals surface area contributed by atoms with Gasteiger partial charge in [-0.15, -0.1) is 0 Å². The number of aromatic nitrogens is 1. The maximum atomic E-state index is 13.0. The van der Waals surface area contributed by atoms with Gasteiger partial charge < -0.3 is 9.26 Å². The Hall–Kier alpha value is -1.55. The van der Waals surface area contributed by atoms with Crippen LogP contribution in [-0.4, -0.2) is 5.16 Å². The summed E-state index contributed by atoms with van der Waals surface area (Å²) in [5.74, 6) is 0.463. The van der Waals surface area contributed by atoms with Crippen molar-refractivity contribution in [3.63, 3.8) is 0 Å². The molecule has 5 heteroatoms. The lowest BCUT2D eigenvalue weighted by Crippen LogP contribution is -1.94. The molecule has 78 valence electrons. The van der Waals surface area contributed by atoms with E-state index in [2.05, 4.69) is 5.16 Å². The molecule has 0 N–H and O–H groups in total. The van der Waals surface area contributed by atoms with Gasteiger partial charge in [0.15, 0.2) is 5.76 Å². The summed E-state index contributed by atoms with van der Waals surface area (Å²) in [6, 6.07) is 5.92. The van der Waals surface area contributed by atoms with Crippen molar-refractivity contribution in [2.24, 2.45) is 0 Å². The van der Waals surface area contributed by atoms with Crippen LogP contribution in [0.25, 0.3) is 0 Å². The molecule has 0 atom stereocenters. The summed E-state index contributed by atoms with van der Waals surface area (Å²) in [5, 5.41) is 3.59. The maximum Gasteiger partial charge on any atom is 0.174 e. The lowest BCUT2D eigenvalue weighted by molar-refractivity contribution is 0.248. The normalized spacial score (nSPS) is 10.3. The molecular formula is C10H7ClFNO2. The maximum absolute atomic E-state index is 13.0. The van der Waals surface area contributed by atoms with E-state index in [4.69, 9.17) is 20.9 Å². The van der Waals surface area contributed by atoms with Gasteiger partial charge in [0.2, 0.25) is 0 Å². The molecule has 2 rings (SSSR count). The van der Waals surface area contributed by atoms with Crippen molar-refractivity contribution in [2.45, 2.75) is 6.61 Å². The Morgan fingerprint density at radius 2 is 2.27 bits per heavy atom. The lowest BCUT2D eigenvalue weighted by Gasteiger charge is -2.03. The smallest absolute Gasteiger partial charge is 0.174 e. The Labute approximate surface area is 90.4 Å². The lowest BCUT2D eigenvalue weighted by atomic mass is 10.3. The average molecular weight is 228 g/mol. The van der Waals surface area contributed by atoms with Crippen molar-refractivity contribution in [3.05, 3.63) is 47.1 Å². The standard InChI is InChI=1S/C10H7ClFNO2/c11-9-2-1-7(5-10(9)12)14-6-8-3-4-13-15-8/h1-5H,6H2. The highest BCUT2D eigenvalue weighted by atomic mass is 35.5. The number of nitrogens with zero attached hydrogens (tertiary/aromatic N) is 1. The molecule has 0 unspecified atom stereocenters. The second-order valence-corrected chi connectivity index (χ2v) is 3.25. The van der Waals surface area contributed by atoms with Gasteiger partial charge >= 0.3 is 0 Å². The molecule has 0 fully saturated rings. The third-order valence-corrected chi connectivity index (χ3v) is 2.07. The quantitative estimate of drug-likeness (QED) is 0.809. The number of benzene rings is 1. The first-order valence-electron chi connectivity index (χ1n) is 4.23. The highest BCUT2D eigenvalue weighted by Crippen LogP contribution is 2.21. The third-order valence-electron chi connectivity index (χ3n) is 1.76. The van der Waals surface area contributed by atoms with Crippen LogP contribution in [0.5, 0.6) is 5.75 Å². The number of halogens is 2. The predicted molar refractivity (Wildman–Crippen MR) is 52.2 cm³/mol. The van der Waals surface area contributed by atoms with Crippen molar-refractivity contribution in [1.29, 1.82) is 0 Å². The van der Waals surface area contributed by atoms with Gasteiger partial charge in [0.25, 0.3) is 0 Å². The van der Waals surface area contributed by atoms with Crippen molar-refractivity contribution < 1.29 is 13.7 Å². The van der Waals surface area contributed by atoms with E-state index in [1.54, 1.807) is 12.1 Å². The van der Waals surface area contributed by atoms with Crippen LogP contribution in [0, 0.1) is 5.82 Å². The number of hydrogen-bond donors (Lipinski definition) is 0. The average Bonchev–Trinajstić information content (AvgIpc) is 2.73. The minimum Gasteiger partial charge on any atom is -0.485 e. The van der Waals surface area contributed by atoms with Crippen molar-refractivity contribution in [3.8, 4) is 5.75 Å². The van der Waals surface area contributed by atoms with E-state index in [0.717, 1.165) is 0 Å². The van der Waals surface area contributed by atoms with Crippen LogP contribution in [0.15, 0.2) is 35.0 Å². The van der Waals surface area contributed by atoms with E-state index < -0.39 is 5.82 Å². The minimum absolute atomic E-state index is 0.0713. The van der Waals surface area contributed by atoms with Gasteiger partial charge in [-0.25, -0.2) is 4.39 Å². The SMILES string of the molecule is Fc1cc(OCc2ccno2)ccc1Cl. The van der Waals surface area contributed by atoms with E-state index in [1.165, 1.54) is 18.3 Å². The van der Waals surface area contributed by atoms with E-state index in [9.17, 15) is 4.39 Å². The number of hydrogen-bond acceptors (Lipinski definition) is 3. The zero-order valence-corrected chi connectivity index (χ0v) is 8.37. The van der Waals surface area contributed by atoms with Crippen molar-refractivity contribution in [2.75, 3.05) is 0 Å². The largest absolute Gasteiger partial charge is 0.485 e. The van der Waals surface area contributed by atoms with E-state index in [-0.39, 0.29) is 11.6 Å². The Balaban J connectivity index is 2.02. The van der Waals surface area contributed by atoms with E-state index in [1.807, 2.05) is 0 Å². The molecule has 0 bridgehead atoms. The fraction of sp³-hybridized carbons (Fsp3) is 0.100. The van der Waals surface area contributed by atoms with Crippen LogP contribution in [0.4, 0.5) is 4.39 Å². The second kappa shape index (κ2) is 4.31. The molecule has 2 aromatic rings.